The summed E-state index contributed by atoms with van der Waals surface area (Å²) in [6, 6.07) is 12.1. The number of carbonyl (C=O) groups excluding carboxylic acids is 3. The summed E-state index contributed by atoms with van der Waals surface area (Å²) < 4.78 is 11.9. The number of esters is 2. The van der Waals surface area contributed by atoms with Crippen molar-refractivity contribution in [3.8, 4) is 17.2 Å². The van der Waals surface area contributed by atoms with Gasteiger partial charge >= 0.3 is 17.6 Å². The van der Waals surface area contributed by atoms with Crippen LogP contribution in [0.2, 0.25) is 0 Å². The molecule has 0 radical (unpaired) electrons. The number of para-hydroxylation sites is 1. The SMILES string of the molecule is CC(=O)Oc1ccc(C(=O)Nc2c(N)n(-c3ccccc3)c(=O)n(C)c2=O)cc1OC(C)=O. The van der Waals surface area contributed by atoms with Crippen LogP contribution < -0.4 is 31.8 Å². The molecule has 0 spiro atoms. The summed E-state index contributed by atoms with van der Waals surface area (Å²) in [4.78, 5) is 60.9. The summed E-state index contributed by atoms with van der Waals surface area (Å²) in [5.74, 6) is -2.63. The number of amides is 1. The molecule has 1 amide bonds. The van der Waals surface area contributed by atoms with E-state index in [2.05, 4.69) is 5.32 Å². The zero-order chi connectivity index (χ0) is 24.3. The number of benzene rings is 2. The molecule has 0 fully saturated rings. The van der Waals surface area contributed by atoms with E-state index in [0.717, 1.165) is 16.1 Å². The first-order valence-electron chi connectivity index (χ1n) is 9.59. The molecule has 0 aliphatic carbocycles. The molecular weight excluding hydrogens is 432 g/mol. The molecule has 3 aromatic rings. The number of nitrogen functional groups attached to an aromatic ring is 1. The van der Waals surface area contributed by atoms with E-state index in [-0.39, 0.29) is 28.6 Å². The third-order valence-electron chi connectivity index (χ3n) is 4.46. The number of nitrogens with one attached hydrogen (secondary N) is 1. The molecule has 0 saturated heterocycles. The van der Waals surface area contributed by atoms with E-state index in [1.54, 1.807) is 30.3 Å². The molecule has 2 aromatic carbocycles. The smallest absolute Gasteiger partial charge is 0.337 e. The molecule has 11 heteroatoms. The fourth-order valence-electron chi connectivity index (χ4n) is 2.98. The number of aromatic nitrogens is 2. The molecule has 0 saturated carbocycles. The highest BCUT2D eigenvalue weighted by molar-refractivity contribution is 6.06. The lowest BCUT2D eigenvalue weighted by atomic mass is 10.2. The fourth-order valence-corrected chi connectivity index (χ4v) is 2.98. The van der Waals surface area contributed by atoms with E-state index in [0.29, 0.717) is 5.69 Å². The minimum absolute atomic E-state index is 0.0268. The molecule has 33 heavy (non-hydrogen) atoms. The molecule has 170 valence electrons. The van der Waals surface area contributed by atoms with Gasteiger partial charge in [0.05, 0.1) is 5.69 Å². The van der Waals surface area contributed by atoms with Gasteiger partial charge in [0.15, 0.2) is 11.5 Å². The van der Waals surface area contributed by atoms with Gasteiger partial charge < -0.3 is 20.5 Å². The Bertz CT molecular complexity index is 1370. The van der Waals surface area contributed by atoms with Gasteiger partial charge in [0.1, 0.15) is 11.5 Å². The van der Waals surface area contributed by atoms with Crippen LogP contribution in [-0.4, -0.2) is 27.0 Å². The minimum atomic E-state index is -0.810. The minimum Gasteiger partial charge on any atom is -0.423 e. The molecule has 11 nitrogen and oxygen atoms in total. The van der Waals surface area contributed by atoms with E-state index >= 15 is 0 Å². The molecule has 0 unspecified atom stereocenters. The Hall–Kier alpha value is -4.67. The number of nitrogens with zero attached hydrogens (tertiary/aromatic N) is 2. The van der Waals surface area contributed by atoms with Gasteiger partial charge in [-0.25, -0.2) is 9.36 Å². The molecule has 0 aliphatic heterocycles. The second-order valence-electron chi connectivity index (χ2n) is 6.88. The maximum atomic E-state index is 12.9. The Kier molecular flexibility index (Phi) is 6.43. The number of hydrogen-bond acceptors (Lipinski definition) is 8. The lowest BCUT2D eigenvalue weighted by molar-refractivity contribution is -0.134. The van der Waals surface area contributed by atoms with Gasteiger partial charge in [-0.1, -0.05) is 18.2 Å². The lowest BCUT2D eigenvalue weighted by Crippen LogP contribution is -2.40. The zero-order valence-corrected chi connectivity index (χ0v) is 17.9. The van der Waals surface area contributed by atoms with Crippen molar-refractivity contribution in [1.82, 2.24) is 9.13 Å². The fraction of sp³-hybridized carbons (Fsp3) is 0.136. The van der Waals surface area contributed by atoms with E-state index in [1.165, 1.54) is 32.2 Å². The summed E-state index contributed by atoms with van der Waals surface area (Å²) in [7, 11) is 1.26. The van der Waals surface area contributed by atoms with E-state index in [4.69, 9.17) is 15.2 Å². The van der Waals surface area contributed by atoms with Crippen molar-refractivity contribution in [3.63, 3.8) is 0 Å². The highest BCUT2D eigenvalue weighted by Crippen LogP contribution is 2.29. The van der Waals surface area contributed by atoms with Crippen molar-refractivity contribution >= 4 is 29.4 Å². The molecule has 1 heterocycles. The summed E-state index contributed by atoms with van der Waals surface area (Å²) in [5.41, 5.74) is 4.65. The van der Waals surface area contributed by atoms with Crippen LogP contribution in [0.5, 0.6) is 11.5 Å². The summed E-state index contributed by atoms with van der Waals surface area (Å²) >= 11 is 0. The van der Waals surface area contributed by atoms with Crippen LogP contribution in [0.3, 0.4) is 0 Å². The summed E-state index contributed by atoms with van der Waals surface area (Å²) in [6.07, 6.45) is 0. The van der Waals surface area contributed by atoms with Crippen molar-refractivity contribution in [2.75, 3.05) is 11.1 Å². The van der Waals surface area contributed by atoms with Crippen LogP contribution in [0, 0.1) is 0 Å². The van der Waals surface area contributed by atoms with Crippen molar-refractivity contribution in [2.24, 2.45) is 7.05 Å². The predicted molar refractivity (Wildman–Crippen MR) is 119 cm³/mol. The molecule has 0 bridgehead atoms. The van der Waals surface area contributed by atoms with Crippen molar-refractivity contribution < 1.29 is 23.9 Å². The third kappa shape index (κ3) is 4.82. The monoisotopic (exact) mass is 452 g/mol. The molecule has 0 atom stereocenters. The Morgan fingerprint density at radius 2 is 1.52 bits per heavy atom. The third-order valence-corrected chi connectivity index (χ3v) is 4.46. The average molecular weight is 452 g/mol. The van der Waals surface area contributed by atoms with Gasteiger partial charge in [0, 0.05) is 26.5 Å². The first-order valence-corrected chi connectivity index (χ1v) is 9.59. The molecule has 0 aliphatic rings. The largest absolute Gasteiger partial charge is 0.423 e. The molecule has 1 aromatic heterocycles. The van der Waals surface area contributed by atoms with Gasteiger partial charge in [0.2, 0.25) is 0 Å². The van der Waals surface area contributed by atoms with Crippen LogP contribution in [0.1, 0.15) is 24.2 Å². The summed E-state index contributed by atoms with van der Waals surface area (Å²) in [6.45, 7) is 2.31. The quantitative estimate of drug-likeness (QED) is 0.433. The van der Waals surface area contributed by atoms with Crippen LogP contribution in [0.15, 0.2) is 58.1 Å². The molecule has 3 rings (SSSR count). The number of rotatable bonds is 5. The maximum absolute atomic E-state index is 12.9. The van der Waals surface area contributed by atoms with Gasteiger partial charge in [-0.3, -0.25) is 23.7 Å². The van der Waals surface area contributed by atoms with Crippen molar-refractivity contribution in [3.05, 3.63) is 74.9 Å². The highest BCUT2D eigenvalue weighted by Gasteiger charge is 2.20. The Balaban J connectivity index is 2.05. The summed E-state index contributed by atoms with van der Waals surface area (Å²) in [5, 5.41) is 2.41. The van der Waals surface area contributed by atoms with E-state index in [1.807, 2.05) is 0 Å². The predicted octanol–water partition coefficient (Wildman–Crippen LogP) is 1.22. The number of carbonyl (C=O) groups is 3. The van der Waals surface area contributed by atoms with Gasteiger partial charge in [-0.15, -0.1) is 0 Å². The standard InChI is InChI=1S/C22H20N4O7/c1-12(27)32-16-10-9-14(11-17(16)33-13(2)28)20(29)24-18-19(23)26(15-7-5-4-6-8-15)22(31)25(3)21(18)30/h4-11H,23H2,1-3H3,(H,24,29). The van der Waals surface area contributed by atoms with Gasteiger partial charge in [0.25, 0.3) is 11.5 Å². The normalized spacial score (nSPS) is 10.4. The van der Waals surface area contributed by atoms with Crippen LogP contribution in [0.25, 0.3) is 5.69 Å². The average Bonchev–Trinajstić information content (AvgIpc) is 2.76. The van der Waals surface area contributed by atoms with Crippen molar-refractivity contribution in [1.29, 1.82) is 0 Å². The van der Waals surface area contributed by atoms with E-state index < -0.39 is 29.1 Å². The second-order valence-corrected chi connectivity index (χ2v) is 6.88. The van der Waals surface area contributed by atoms with Crippen molar-refractivity contribution in [2.45, 2.75) is 13.8 Å². The van der Waals surface area contributed by atoms with Crippen LogP contribution >= 0.6 is 0 Å². The number of nitrogens with two attached hydrogens (primary N) is 1. The Labute approximate surface area is 187 Å². The topological polar surface area (TPSA) is 152 Å². The van der Waals surface area contributed by atoms with Gasteiger partial charge in [-0.05, 0) is 30.3 Å². The maximum Gasteiger partial charge on any atom is 0.337 e. The Morgan fingerprint density at radius 3 is 2.12 bits per heavy atom. The lowest BCUT2D eigenvalue weighted by Gasteiger charge is -2.16. The molecular formula is C22H20N4O7. The number of hydrogen-bond donors (Lipinski definition) is 2. The first kappa shape index (κ1) is 23.0. The number of anilines is 2. The Morgan fingerprint density at radius 1 is 0.909 bits per heavy atom. The first-order chi connectivity index (χ1) is 15.6. The molecule has 3 N–H and O–H groups in total. The van der Waals surface area contributed by atoms with E-state index in [9.17, 15) is 24.0 Å². The van der Waals surface area contributed by atoms with Crippen LogP contribution in [0.4, 0.5) is 11.5 Å². The number of ether oxygens (including phenoxy) is 2. The zero-order valence-electron chi connectivity index (χ0n) is 17.9. The highest BCUT2D eigenvalue weighted by atomic mass is 16.6. The second kappa shape index (κ2) is 9.22. The van der Waals surface area contributed by atoms with Gasteiger partial charge in [-0.2, -0.15) is 0 Å². The van der Waals surface area contributed by atoms with Crippen LogP contribution in [-0.2, 0) is 16.6 Å².